The summed E-state index contributed by atoms with van der Waals surface area (Å²) >= 11 is 0. The summed E-state index contributed by atoms with van der Waals surface area (Å²) in [5, 5.41) is 8.70. The van der Waals surface area contributed by atoms with Crippen LogP contribution in [0, 0.1) is 0 Å². The molecule has 4 heteroatoms. The Hall–Kier alpha value is -2.10. The highest BCUT2D eigenvalue weighted by Gasteiger charge is 2.15. The van der Waals surface area contributed by atoms with E-state index in [1.165, 1.54) is 19.2 Å². The average Bonchev–Trinajstić information content (AvgIpc) is 2.30. The van der Waals surface area contributed by atoms with Crippen molar-refractivity contribution >= 4 is 11.9 Å². The van der Waals surface area contributed by atoms with Crippen LogP contribution < -0.4 is 0 Å². The minimum atomic E-state index is -1.14. The van der Waals surface area contributed by atoms with Crippen molar-refractivity contribution in [2.45, 2.75) is 0 Å². The van der Waals surface area contributed by atoms with E-state index in [0.29, 0.717) is 0 Å². The van der Waals surface area contributed by atoms with E-state index in [1.807, 2.05) is 0 Å². The first-order valence-electron chi connectivity index (χ1n) is 4.07. The molecular formula is C11H12O4. The predicted molar refractivity (Wildman–Crippen MR) is 56.0 cm³/mol. The molecular weight excluding hydrogens is 196 g/mol. The molecule has 1 aromatic carbocycles. The highest BCUT2D eigenvalue weighted by molar-refractivity contribution is 6.02. The van der Waals surface area contributed by atoms with E-state index < -0.39 is 11.9 Å². The summed E-state index contributed by atoms with van der Waals surface area (Å²) in [7, 11) is 1.21. The molecule has 4 nitrogen and oxygen atoms in total. The Bertz CT molecular complexity index is 357. The van der Waals surface area contributed by atoms with Gasteiger partial charge in [0.2, 0.25) is 0 Å². The fourth-order valence-electron chi connectivity index (χ4n) is 0.958. The maximum Gasteiger partial charge on any atom is 0.338 e. The quantitative estimate of drug-likeness (QED) is 0.596. The van der Waals surface area contributed by atoms with Crippen LogP contribution in [0.1, 0.15) is 20.7 Å². The summed E-state index contributed by atoms with van der Waals surface area (Å²) in [5.41, 5.74) is 0.0202. The number of carboxylic acids is 1. The lowest BCUT2D eigenvalue weighted by Crippen LogP contribution is -2.09. The van der Waals surface area contributed by atoms with Crippen LogP contribution in [-0.4, -0.2) is 24.2 Å². The smallest absolute Gasteiger partial charge is 0.338 e. The fraction of sp³-hybridized carbons (Fsp3) is 0.0909. The van der Waals surface area contributed by atoms with Gasteiger partial charge in [-0.1, -0.05) is 12.1 Å². The van der Waals surface area contributed by atoms with Crippen molar-refractivity contribution < 1.29 is 19.4 Å². The second-order valence-electron chi connectivity index (χ2n) is 2.34. The lowest BCUT2D eigenvalue weighted by Gasteiger charge is -2.02. The SMILES string of the molecule is C=C.COC(=O)c1ccccc1C(=O)O. The van der Waals surface area contributed by atoms with Gasteiger partial charge in [0.15, 0.2) is 0 Å². The van der Waals surface area contributed by atoms with E-state index in [0.717, 1.165) is 0 Å². The van der Waals surface area contributed by atoms with Crippen molar-refractivity contribution in [3.05, 3.63) is 48.6 Å². The standard InChI is InChI=1S/C9H8O4.C2H4/c1-13-9(12)7-5-3-2-4-6(7)8(10)11;1-2/h2-5H,1H3,(H,10,11);1-2H2. The van der Waals surface area contributed by atoms with Gasteiger partial charge in [-0.3, -0.25) is 0 Å². The molecule has 1 aromatic rings. The zero-order valence-corrected chi connectivity index (χ0v) is 8.40. The third kappa shape index (κ3) is 3.27. The van der Waals surface area contributed by atoms with Crippen molar-refractivity contribution in [2.75, 3.05) is 7.11 Å². The molecule has 0 radical (unpaired) electrons. The highest BCUT2D eigenvalue weighted by Crippen LogP contribution is 2.09. The largest absolute Gasteiger partial charge is 0.478 e. The minimum Gasteiger partial charge on any atom is -0.478 e. The molecule has 0 fully saturated rings. The van der Waals surface area contributed by atoms with E-state index in [-0.39, 0.29) is 11.1 Å². The number of carbonyl (C=O) groups is 2. The Kier molecular flexibility index (Phi) is 5.48. The molecule has 0 saturated heterocycles. The second-order valence-corrected chi connectivity index (χ2v) is 2.34. The number of rotatable bonds is 2. The van der Waals surface area contributed by atoms with E-state index in [1.54, 1.807) is 12.1 Å². The van der Waals surface area contributed by atoms with Gasteiger partial charge in [0.25, 0.3) is 0 Å². The van der Waals surface area contributed by atoms with Crippen molar-refractivity contribution in [1.29, 1.82) is 0 Å². The first kappa shape index (κ1) is 12.9. The van der Waals surface area contributed by atoms with Gasteiger partial charge in [0.05, 0.1) is 18.2 Å². The van der Waals surface area contributed by atoms with Gasteiger partial charge >= 0.3 is 11.9 Å². The van der Waals surface area contributed by atoms with Crippen LogP contribution in [0.3, 0.4) is 0 Å². The van der Waals surface area contributed by atoms with Crippen LogP contribution in [0.25, 0.3) is 0 Å². The molecule has 0 aliphatic heterocycles. The second kappa shape index (κ2) is 6.37. The summed E-state index contributed by atoms with van der Waals surface area (Å²) in [4.78, 5) is 21.7. The summed E-state index contributed by atoms with van der Waals surface area (Å²) in [6, 6.07) is 5.90. The van der Waals surface area contributed by atoms with Crippen LogP contribution in [0.4, 0.5) is 0 Å². The molecule has 0 heterocycles. The lowest BCUT2D eigenvalue weighted by atomic mass is 10.1. The van der Waals surface area contributed by atoms with Crippen LogP contribution >= 0.6 is 0 Å². The maximum atomic E-state index is 11.1. The van der Waals surface area contributed by atoms with Gasteiger partial charge in [-0.05, 0) is 12.1 Å². The number of ether oxygens (including phenoxy) is 1. The molecule has 0 unspecified atom stereocenters. The van der Waals surface area contributed by atoms with Gasteiger partial charge in [0.1, 0.15) is 0 Å². The topological polar surface area (TPSA) is 63.6 Å². The zero-order chi connectivity index (χ0) is 11.8. The highest BCUT2D eigenvalue weighted by atomic mass is 16.5. The van der Waals surface area contributed by atoms with Crippen LogP contribution in [-0.2, 0) is 4.74 Å². The normalized spacial score (nSPS) is 8.33. The van der Waals surface area contributed by atoms with Crippen molar-refractivity contribution in [3.8, 4) is 0 Å². The molecule has 0 bridgehead atoms. The Labute approximate surface area is 87.8 Å². The van der Waals surface area contributed by atoms with Crippen molar-refractivity contribution in [1.82, 2.24) is 0 Å². The summed E-state index contributed by atoms with van der Waals surface area (Å²) in [6.07, 6.45) is 0. The number of hydrogen-bond donors (Lipinski definition) is 1. The van der Waals surface area contributed by atoms with Gasteiger partial charge in [0, 0.05) is 0 Å². The van der Waals surface area contributed by atoms with E-state index in [4.69, 9.17) is 5.11 Å². The number of benzene rings is 1. The minimum absolute atomic E-state index is 0.0469. The summed E-state index contributed by atoms with van der Waals surface area (Å²) in [6.45, 7) is 6.00. The van der Waals surface area contributed by atoms with Gasteiger partial charge in [-0.2, -0.15) is 0 Å². The molecule has 0 atom stereocenters. The number of aromatic carboxylic acids is 1. The molecule has 0 spiro atoms. The third-order valence-electron chi connectivity index (χ3n) is 1.56. The Morgan fingerprint density at radius 1 is 1.20 bits per heavy atom. The molecule has 0 aromatic heterocycles. The first-order chi connectivity index (χ1) is 7.16. The molecule has 0 saturated carbocycles. The Balaban J connectivity index is 0.000000921. The number of hydrogen-bond acceptors (Lipinski definition) is 3. The summed E-state index contributed by atoms with van der Waals surface area (Å²) < 4.78 is 4.42. The van der Waals surface area contributed by atoms with Crippen molar-refractivity contribution in [2.24, 2.45) is 0 Å². The molecule has 0 aliphatic rings. The number of esters is 1. The molecule has 0 amide bonds. The Morgan fingerprint density at radius 3 is 2.07 bits per heavy atom. The first-order valence-corrected chi connectivity index (χ1v) is 4.07. The number of methoxy groups -OCH3 is 1. The molecule has 15 heavy (non-hydrogen) atoms. The maximum absolute atomic E-state index is 11.1. The van der Waals surface area contributed by atoms with Crippen LogP contribution in [0.15, 0.2) is 37.4 Å². The predicted octanol–water partition coefficient (Wildman–Crippen LogP) is 1.97. The lowest BCUT2D eigenvalue weighted by molar-refractivity contribution is 0.0582. The Morgan fingerprint density at radius 2 is 1.67 bits per heavy atom. The van der Waals surface area contributed by atoms with E-state index in [9.17, 15) is 9.59 Å². The van der Waals surface area contributed by atoms with Crippen molar-refractivity contribution in [3.63, 3.8) is 0 Å². The van der Waals surface area contributed by atoms with Gasteiger partial charge in [-0.25, -0.2) is 9.59 Å². The fourth-order valence-corrected chi connectivity index (χ4v) is 0.958. The molecule has 80 valence electrons. The zero-order valence-electron chi connectivity index (χ0n) is 8.40. The third-order valence-corrected chi connectivity index (χ3v) is 1.56. The van der Waals surface area contributed by atoms with E-state index >= 15 is 0 Å². The molecule has 1 N–H and O–H groups in total. The van der Waals surface area contributed by atoms with Gasteiger partial charge in [-0.15, -0.1) is 13.2 Å². The van der Waals surface area contributed by atoms with E-state index in [2.05, 4.69) is 17.9 Å². The monoisotopic (exact) mass is 208 g/mol. The molecule has 1 rings (SSSR count). The number of carboxylic acid groups (broad SMARTS) is 1. The summed E-state index contributed by atoms with van der Waals surface area (Å²) in [5.74, 6) is -1.78. The van der Waals surface area contributed by atoms with Gasteiger partial charge < -0.3 is 9.84 Å². The van der Waals surface area contributed by atoms with Crippen LogP contribution in [0.2, 0.25) is 0 Å². The average molecular weight is 208 g/mol. The molecule has 0 aliphatic carbocycles. The number of carbonyl (C=O) groups excluding carboxylic acids is 1. The van der Waals surface area contributed by atoms with Crippen LogP contribution in [0.5, 0.6) is 0 Å².